The Kier molecular flexibility index (Phi) is 40.7. The van der Waals surface area contributed by atoms with Crippen LogP contribution in [-0.2, 0) is 28.8 Å². The fourth-order valence-corrected chi connectivity index (χ4v) is 20.9. The predicted octanol–water partition coefficient (Wildman–Crippen LogP) is 34.9. The molecular formula is C122H157N7O15. The lowest BCUT2D eigenvalue weighted by Gasteiger charge is -2.34. The number of carbonyl (C=O) groups excluding carboxylic acids is 6. The molecule has 9 aromatic rings. The van der Waals surface area contributed by atoms with Gasteiger partial charge in [-0.1, -0.05) is 354 Å². The van der Waals surface area contributed by atoms with Gasteiger partial charge in [0.15, 0.2) is 34.5 Å². The Bertz CT molecular complexity index is 5600. The van der Waals surface area contributed by atoms with E-state index in [1.807, 2.05) is 60.7 Å². The Morgan fingerprint density at radius 1 is 0.257 bits per heavy atom. The third-order valence-corrected chi connectivity index (χ3v) is 29.2. The van der Waals surface area contributed by atoms with E-state index in [9.17, 15) is 34.0 Å². The number of fused-ring (bicyclic) bond motifs is 3. The van der Waals surface area contributed by atoms with Gasteiger partial charge in [-0.2, -0.15) is 0 Å². The first-order valence-electron chi connectivity index (χ1n) is 55.2. The van der Waals surface area contributed by atoms with Crippen molar-refractivity contribution in [3.63, 3.8) is 0 Å². The number of oxime groups is 1. The lowest BCUT2D eigenvalue weighted by Crippen LogP contribution is -2.22. The van der Waals surface area contributed by atoms with Crippen molar-refractivity contribution in [3.8, 4) is 91.6 Å². The molecule has 6 amide bonds. The van der Waals surface area contributed by atoms with E-state index in [4.69, 9.17) is 37.9 Å². The van der Waals surface area contributed by atoms with Crippen LogP contribution in [0, 0.1) is 0 Å². The van der Waals surface area contributed by atoms with Crippen LogP contribution in [0.2, 0.25) is 0 Å². The molecular weight excluding hydrogens is 1800 g/mol. The average Bonchev–Trinajstić information content (AvgIpc) is 1.41. The molecule has 0 fully saturated rings. The van der Waals surface area contributed by atoms with Crippen LogP contribution in [0.25, 0.3) is 11.1 Å². The number of benzene rings is 9. The summed E-state index contributed by atoms with van der Waals surface area (Å²) in [7, 11) is 0. The Morgan fingerprint density at radius 2 is 0.472 bits per heavy atom. The van der Waals surface area contributed by atoms with E-state index in [2.05, 4.69) is 101 Å². The zero-order chi connectivity index (χ0) is 101. The minimum Gasteiger partial charge on any atom is -0.453 e. The second kappa shape index (κ2) is 54.6. The molecule has 2 atom stereocenters. The number of rotatable bonds is 55. The van der Waals surface area contributed by atoms with Crippen LogP contribution in [0.4, 0.5) is 34.1 Å². The first-order chi connectivity index (χ1) is 70.4. The van der Waals surface area contributed by atoms with Crippen LogP contribution in [0.1, 0.15) is 450 Å². The van der Waals surface area contributed by atoms with Gasteiger partial charge in [-0.05, 0) is 61.1 Å². The summed E-state index contributed by atoms with van der Waals surface area (Å²) in [4.78, 5) is 84.8. The Labute approximate surface area is 854 Å². The molecule has 22 nitrogen and oxygen atoms in total. The Balaban J connectivity index is 1.15. The molecule has 5 aliphatic rings. The quantitative estimate of drug-likeness (QED) is 0.00808. The van der Waals surface area contributed by atoms with Gasteiger partial charge in [0.25, 0.3) is 6.29 Å². The maximum atomic E-state index is 14.1. The highest BCUT2D eigenvalue weighted by Crippen LogP contribution is 2.61. The number of carbonyl (C=O) groups is 6. The first-order valence-corrected chi connectivity index (χ1v) is 55.2. The number of hydrogen-bond donors (Lipinski definition) is 7. The second-order valence-electron chi connectivity index (χ2n) is 40.0. The molecule has 8 bridgehead atoms. The highest BCUT2D eigenvalue weighted by molar-refractivity contribution is 6.03. The normalized spacial score (nSPS) is 15.3. The van der Waals surface area contributed by atoms with Gasteiger partial charge in [-0.3, -0.25) is 28.8 Å². The molecule has 9 aromatic carbocycles. The largest absolute Gasteiger partial charge is 0.453 e. The van der Waals surface area contributed by atoms with Gasteiger partial charge in [-0.25, -0.2) is 0 Å². The lowest BCUT2D eigenvalue weighted by atomic mass is 9.76. The molecule has 770 valence electrons. The van der Waals surface area contributed by atoms with Crippen molar-refractivity contribution in [1.82, 2.24) is 0 Å². The van der Waals surface area contributed by atoms with E-state index >= 15 is 0 Å². The number of amides is 6. The number of anilines is 6. The van der Waals surface area contributed by atoms with E-state index in [1.54, 1.807) is 77.9 Å². The minimum atomic E-state index is -1.19. The van der Waals surface area contributed by atoms with Crippen molar-refractivity contribution in [2.75, 3.05) is 31.9 Å². The molecule has 144 heavy (non-hydrogen) atoms. The predicted molar refractivity (Wildman–Crippen MR) is 579 cm³/mol. The van der Waals surface area contributed by atoms with Gasteiger partial charge in [0, 0.05) is 178 Å². The molecule has 4 heterocycles. The van der Waals surface area contributed by atoms with Gasteiger partial charge in [0.1, 0.15) is 46.0 Å². The van der Waals surface area contributed by atoms with Gasteiger partial charge < -0.3 is 75.0 Å². The number of nitrogens with one attached hydrogen (secondary N) is 6. The summed E-state index contributed by atoms with van der Waals surface area (Å²) in [6, 6.07) is 43.9. The molecule has 0 saturated heterocycles. The van der Waals surface area contributed by atoms with E-state index in [1.165, 1.54) is 103 Å². The summed E-state index contributed by atoms with van der Waals surface area (Å²) >= 11 is 0. The monoisotopic (exact) mass is 1960 g/mol. The highest BCUT2D eigenvalue weighted by Gasteiger charge is 2.41. The van der Waals surface area contributed by atoms with E-state index < -0.39 is 30.0 Å². The summed E-state index contributed by atoms with van der Waals surface area (Å²) < 4.78 is 63.1. The molecule has 7 N–H and O–H groups in total. The minimum absolute atomic E-state index is 0.119. The van der Waals surface area contributed by atoms with E-state index in [0.29, 0.717) is 94.2 Å². The van der Waals surface area contributed by atoms with Gasteiger partial charge in [0.05, 0.1) is 40.3 Å². The fourth-order valence-electron chi connectivity index (χ4n) is 20.9. The molecule has 14 rings (SSSR count). The lowest BCUT2D eigenvalue weighted by molar-refractivity contribution is -0.116. The summed E-state index contributed by atoms with van der Waals surface area (Å²) in [5.41, 5.74) is 11.6. The van der Waals surface area contributed by atoms with Crippen LogP contribution in [0.5, 0.6) is 80.5 Å². The highest BCUT2D eigenvalue weighted by atomic mass is 16.7. The number of unbranched alkanes of at least 4 members (excludes halogenated alkanes) is 32. The van der Waals surface area contributed by atoms with E-state index in [0.717, 1.165) is 190 Å². The maximum Gasteiger partial charge on any atom is 0.267 e. The van der Waals surface area contributed by atoms with Crippen LogP contribution >= 0.6 is 0 Å². The summed E-state index contributed by atoms with van der Waals surface area (Å²) in [5, 5.41) is 32.3. The first kappa shape index (κ1) is 107. The Hall–Kier alpha value is -12.3. The summed E-state index contributed by atoms with van der Waals surface area (Å²) in [5.74, 6) is 1.02. The Morgan fingerprint density at radius 3 is 0.701 bits per heavy atom. The van der Waals surface area contributed by atoms with Crippen LogP contribution in [-0.4, -0.2) is 46.9 Å². The zero-order valence-corrected chi connectivity index (χ0v) is 87.3. The third kappa shape index (κ3) is 28.2. The van der Waals surface area contributed by atoms with Gasteiger partial charge in [-0.15, -0.1) is 0 Å². The molecule has 22 heteroatoms. The molecule has 0 radical (unpaired) electrons. The molecule has 2 unspecified atom stereocenters. The fraction of sp³-hybridized carbons (Fsp3) is 0.500. The van der Waals surface area contributed by atoms with Crippen molar-refractivity contribution >= 4 is 75.8 Å². The molecule has 1 aliphatic carbocycles. The SMILES string of the molecule is CCCCCCCCCCCC1c2cc3c4cc2Oc2cc(NC(=O)CC)c(NC(=O)CC)cc2Oc2cc5c(cc21)C(CCCCCCCCCCC)c1cc2c(cc1Oc1cc(NC(=O)CC)c(NC(=O)CC)cc1O5)OC(c1ccc(-c5ccccc5C=NO)cc1)Oc1cc(c(cc1C2CCCCCCCCCCC)C3CCCCCCCCCCC)Oc1cc(NC(=O)CC)c(NC(=O)CC)cc1O4. The topological polar surface area (TPSA) is 281 Å². The van der Waals surface area contributed by atoms with E-state index in [-0.39, 0.29) is 131 Å². The van der Waals surface area contributed by atoms with Crippen molar-refractivity contribution in [3.05, 3.63) is 189 Å². The number of hydrogen-bond acceptors (Lipinski definition) is 16. The van der Waals surface area contributed by atoms with Crippen molar-refractivity contribution in [1.29, 1.82) is 0 Å². The van der Waals surface area contributed by atoms with Gasteiger partial charge in [0.2, 0.25) is 35.4 Å². The molecule has 0 saturated carbocycles. The maximum absolute atomic E-state index is 14.1. The standard InChI is InChI=1S/C122H157N7O15/c1-11-21-25-29-33-37-41-45-49-57-84-88-65-90-85(58-50-46-42-38-34-30-26-22-12-2)92-67-94-87(60-52-48-44-40-36-32-28-24-14-4)95-68-93-86(59-51-47-43-39-35-31-27-23-13-3)91-66-89(84)103-76-105(91)140-113-72-99(127-119(133)18-8)101(129-121(135)20-10)74-115(113)142-107(93)78-109(95)144-122(81-63-61-80(62-64-81)83-56-54-53-55-82(83)79-123-136)143-108(94)77-106(92)141-114-73-100(128-120(134)19-9)98(126-118(132)17-7)71-112(114)139-104(90)75-102(88)137-110-69-96(124-116(130)15-5)97(70-111(110)138-103)125-117(131)16-6/h53-56,61-79,84-87,122,136H,11-52,57-60H2,1-10H3,(H,124,130)(H,125,131)(H,126,132)(H,127,133)(H,128,134)(H,129,135). The summed E-state index contributed by atoms with van der Waals surface area (Å²) in [6.45, 7) is 19.7. The number of ether oxygens (including phenoxy) is 8. The van der Waals surface area contributed by atoms with Crippen molar-refractivity contribution in [2.24, 2.45) is 5.16 Å². The summed E-state index contributed by atoms with van der Waals surface area (Å²) in [6.07, 6.45) is 42.6. The second-order valence-corrected chi connectivity index (χ2v) is 40.0. The van der Waals surface area contributed by atoms with Gasteiger partial charge >= 0.3 is 0 Å². The van der Waals surface area contributed by atoms with Crippen LogP contribution in [0.15, 0.2) is 139 Å². The van der Waals surface area contributed by atoms with Crippen LogP contribution in [0.3, 0.4) is 0 Å². The number of nitrogens with zero attached hydrogens (tertiary/aromatic N) is 1. The average molecular weight is 1960 g/mol. The van der Waals surface area contributed by atoms with Crippen molar-refractivity contribution in [2.45, 2.75) is 395 Å². The molecule has 0 aromatic heterocycles. The smallest absolute Gasteiger partial charge is 0.267 e. The molecule has 4 aliphatic heterocycles. The molecule has 0 spiro atoms. The zero-order valence-electron chi connectivity index (χ0n) is 87.3. The van der Waals surface area contributed by atoms with Crippen molar-refractivity contribution < 1.29 is 71.9 Å². The van der Waals surface area contributed by atoms with Crippen LogP contribution < -0.4 is 69.8 Å². The third-order valence-electron chi connectivity index (χ3n) is 29.2.